The van der Waals surface area contributed by atoms with Crippen molar-refractivity contribution in [1.29, 1.82) is 0 Å². The van der Waals surface area contributed by atoms with Crippen molar-refractivity contribution in [3.05, 3.63) is 90.0 Å². The second-order valence-electron chi connectivity index (χ2n) is 8.71. The molecule has 0 unspecified atom stereocenters. The molecule has 0 spiro atoms. The van der Waals surface area contributed by atoms with Crippen LogP contribution in [-0.4, -0.2) is 51.3 Å². The third kappa shape index (κ3) is 5.75. The van der Waals surface area contributed by atoms with E-state index in [-0.39, 0.29) is 29.7 Å². The first-order valence-corrected chi connectivity index (χ1v) is 13.1. The van der Waals surface area contributed by atoms with E-state index in [1.165, 1.54) is 14.1 Å². The van der Waals surface area contributed by atoms with E-state index in [9.17, 15) is 18.0 Å². The Morgan fingerprint density at radius 2 is 1.61 bits per heavy atom. The van der Waals surface area contributed by atoms with Crippen molar-refractivity contribution in [3.8, 4) is 5.75 Å². The van der Waals surface area contributed by atoms with Crippen LogP contribution in [0.3, 0.4) is 0 Å². The van der Waals surface area contributed by atoms with Gasteiger partial charge in [0.25, 0.3) is 5.91 Å². The van der Waals surface area contributed by atoms with Crippen molar-refractivity contribution in [3.63, 3.8) is 0 Å². The number of sulfonamides is 1. The lowest BCUT2D eigenvalue weighted by atomic mass is 10.1. The first-order valence-electron chi connectivity index (χ1n) is 11.6. The van der Waals surface area contributed by atoms with Gasteiger partial charge in [-0.3, -0.25) is 9.59 Å². The average molecular weight is 508 g/mol. The highest BCUT2D eigenvalue weighted by atomic mass is 32.2. The molecule has 0 saturated heterocycles. The Bertz CT molecular complexity index is 1330. The number of carbonyl (C=O) groups excluding carboxylic acids is 2. The molecule has 3 aromatic carbocycles. The fraction of sp³-hybridized carbons (Fsp3) is 0.259. The number of hydrogen-bond donors (Lipinski definition) is 1. The predicted molar refractivity (Wildman–Crippen MR) is 137 cm³/mol. The van der Waals surface area contributed by atoms with Gasteiger partial charge in [-0.2, -0.15) is 0 Å². The van der Waals surface area contributed by atoms with Crippen LogP contribution in [-0.2, 0) is 32.6 Å². The van der Waals surface area contributed by atoms with Crippen LogP contribution in [0.25, 0.3) is 0 Å². The molecule has 2 amide bonds. The van der Waals surface area contributed by atoms with Gasteiger partial charge in [0, 0.05) is 27.1 Å². The SMILES string of the molecule is CN(C)S(=O)(=O)c1ccc(CCC(=O)N2C[C@H](C(=O)NCc3ccccc3)Oc3ccccc32)cc1. The molecule has 36 heavy (non-hydrogen) atoms. The smallest absolute Gasteiger partial charge is 0.263 e. The highest BCUT2D eigenvalue weighted by Gasteiger charge is 2.33. The number of amides is 2. The minimum Gasteiger partial charge on any atom is -0.477 e. The number of anilines is 1. The fourth-order valence-corrected chi connectivity index (χ4v) is 4.83. The zero-order valence-electron chi connectivity index (χ0n) is 20.3. The summed E-state index contributed by atoms with van der Waals surface area (Å²) in [7, 11) is -0.539. The molecule has 0 saturated carbocycles. The van der Waals surface area contributed by atoms with Crippen LogP contribution in [0, 0.1) is 0 Å². The Labute approximate surface area is 211 Å². The number of carbonyl (C=O) groups is 2. The number of rotatable bonds is 8. The average Bonchev–Trinajstić information content (AvgIpc) is 2.90. The number of benzene rings is 3. The summed E-state index contributed by atoms with van der Waals surface area (Å²) in [6.07, 6.45) is -0.194. The Balaban J connectivity index is 1.42. The van der Waals surface area contributed by atoms with Crippen molar-refractivity contribution in [2.24, 2.45) is 0 Å². The molecule has 0 bridgehead atoms. The maximum atomic E-state index is 13.2. The highest BCUT2D eigenvalue weighted by molar-refractivity contribution is 7.89. The van der Waals surface area contributed by atoms with Gasteiger partial charge in [0.2, 0.25) is 15.9 Å². The third-order valence-corrected chi connectivity index (χ3v) is 7.84. The lowest BCUT2D eigenvalue weighted by Gasteiger charge is -2.34. The molecule has 0 aromatic heterocycles. The topological polar surface area (TPSA) is 96.0 Å². The molecule has 0 radical (unpaired) electrons. The van der Waals surface area contributed by atoms with Crippen molar-refractivity contribution in [2.75, 3.05) is 25.5 Å². The van der Waals surface area contributed by atoms with E-state index in [1.807, 2.05) is 36.4 Å². The van der Waals surface area contributed by atoms with Gasteiger partial charge in [0.1, 0.15) is 5.75 Å². The molecule has 8 nitrogen and oxygen atoms in total. The van der Waals surface area contributed by atoms with Gasteiger partial charge in [-0.15, -0.1) is 0 Å². The van der Waals surface area contributed by atoms with Gasteiger partial charge >= 0.3 is 0 Å². The second kappa shape index (κ2) is 10.9. The van der Waals surface area contributed by atoms with E-state index in [2.05, 4.69) is 5.32 Å². The fourth-order valence-electron chi connectivity index (χ4n) is 3.93. The zero-order chi connectivity index (χ0) is 25.7. The molecule has 1 N–H and O–H groups in total. The molecule has 1 aliphatic heterocycles. The van der Waals surface area contributed by atoms with E-state index in [4.69, 9.17) is 4.74 Å². The molecule has 1 aliphatic rings. The zero-order valence-corrected chi connectivity index (χ0v) is 21.1. The Morgan fingerprint density at radius 3 is 2.31 bits per heavy atom. The van der Waals surface area contributed by atoms with Crippen LogP contribution in [0.2, 0.25) is 0 Å². The molecule has 4 rings (SSSR count). The van der Waals surface area contributed by atoms with Gasteiger partial charge in [0.05, 0.1) is 17.1 Å². The van der Waals surface area contributed by atoms with Gasteiger partial charge in [-0.25, -0.2) is 12.7 Å². The van der Waals surface area contributed by atoms with Crippen LogP contribution in [0.15, 0.2) is 83.8 Å². The number of para-hydroxylation sites is 2. The maximum absolute atomic E-state index is 13.2. The monoisotopic (exact) mass is 507 g/mol. The molecule has 188 valence electrons. The summed E-state index contributed by atoms with van der Waals surface area (Å²) < 4.78 is 31.6. The molecule has 1 atom stereocenters. The Hall–Kier alpha value is -3.69. The van der Waals surface area contributed by atoms with Crippen molar-refractivity contribution < 1.29 is 22.7 Å². The lowest BCUT2D eigenvalue weighted by Crippen LogP contribution is -2.50. The summed E-state index contributed by atoms with van der Waals surface area (Å²) in [6, 6.07) is 23.3. The van der Waals surface area contributed by atoms with E-state index >= 15 is 0 Å². The number of fused-ring (bicyclic) bond motifs is 1. The number of nitrogens with one attached hydrogen (secondary N) is 1. The molecular weight excluding hydrogens is 478 g/mol. The molecule has 9 heteroatoms. The minimum absolute atomic E-state index is 0.108. The van der Waals surface area contributed by atoms with Crippen molar-refractivity contribution in [1.82, 2.24) is 9.62 Å². The van der Waals surface area contributed by atoms with Gasteiger partial charge in [-0.05, 0) is 41.8 Å². The van der Waals surface area contributed by atoms with Crippen LogP contribution in [0.5, 0.6) is 5.75 Å². The number of hydrogen-bond acceptors (Lipinski definition) is 5. The second-order valence-corrected chi connectivity index (χ2v) is 10.9. The van der Waals surface area contributed by atoms with Crippen LogP contribution >= 0.6 is 0 Å². The van der Waals surface area contributed by atoms with E-state index in [0.717, 1.165) is 15.4 Å². The Morgan fingerprint density at radius 1 is 0.944 bits per heavy atom. The number of nitrogens with zero attached hydrogens (tertiary/aromatic N) is 2. The van der Waals surface area contributed by atoms with Gasteiger partial charge in [-0.1, -0.05) is 54.6 Å². The van der Waals surface area contributed by atoms with E-state index < -0.39 is 16.1 Å². The Kier molecular flexibility index (Phi) is 7.71. The van der Waals surface area contributed by atoms with E-state index in [1.54, 1.807) is 47.4 Å². The van der Waals surface area contributed by atoms with E-state index in [0.29, 0.717) is 24.4 Å². The summed E-state index contributed by atoms with van der Waals surface area (Å²) >= 11 is 0. The number of ether oxygens (including phenoxy) is 1. The lowest BCUT2D eigenvalue weighted by molar-refractivity contribution is -0.128. The van der Waals surface area contributed by atoms with Gasteiger partial charge < -0.3 is 15.0 Å². The van der Waals surface area contributed by atoms with Gasteiger partial charge in [0.15, 0.2) is 6.10 Å². The molecule has 3 aromatic rings. The summed E-state index contributed by atoms with van der Waals surface area (Å²) in [6.45, 7) is 0.477. The van der Waals surface area contributed by atoms with Crippen LogP contribution in [0.1, 0.15) is 17.5 Å². The summed E-state index contributed by atoms with van der Waals surface area (Å²) in [4.78, 5) is 27.9. The first-order chi connectivity index (χ1) is 17.3. The molecule has 0 fully saturated rings. The third-order valence-electron chi connectivity index (χ3n) is 6.01. The summed E-state index contributed by atoms with van der Waals surface area (Å²) in [5.41, 5.74) is 2.45. The highest BCUT2D eigenvalue weighted by Crippen LogP contribution is 2.33. The number of aryl methyl sites for hydroxylation is 1. The largest absolute Gasteiger partial charge is 0.477 e. The summed E-state index contributed by atoms with van der Waals surface area (Å²) in [5.74, 6) is 0.0515. The van der Waals surface area contributed by atoms with Crippen molar-refractivity contribution in [2.45, 2.75) is 30.4 Å². The molecular formula is C27H29N3O5S. The van der Waals surface area contributed by atoms with Crippen LogP contribution in [0.4, 0.5) is 5.69 Å². The van der Waals surface area contributed by atoms with Crippen molar-refractivity contribution >= 4 is 27.5 Å². The van der Waals surface area contributed by atoms with Crippen LogP contribution < -0.4 is 15.0 Å². The molecule has 0 aliphatic carbocycles. The molecule has 1 heterocycles. The predicted octanol–water partition coefficient (Wildman–Crippen LogP) is 2.98. The first kappa shape index (κ1) is 25.4. The normalized spacial score (nSPS) is 15.2. The quantitative estimate of drug-likeness (QED) is 0.506. The summed E-state index contributed by atoms with van der Waals surface area (Å²) in [5, 5.41) is 2.89. The maximum Gasteiger partial charge on any atom is 0.263 e. The standard InChI is InChI=1S/C27H29N3O5S/c1-29(2)36(33,34)22-15-12-20(13-16-22)14-17-26(31)30-19-25(35-24-11-7-6-10-23(24)30)27(32)28-18-21-8-4-3-5-9-21/h3-13,15-16,25H,14,17-19H2,1-2H3,(H,28,32)/t25-/m1/s1. The minimum atomic E-state index is -3.51.